The summed E-state index contributed by atoms with van der Waals surface area (Å²) in [5.41, 5.74) is 7.20. The molecule has 1 saturated heterocycles. The fraction of sp³-hybridized carbons (Fsp3) is 0.667. The van der Waals surface area contributed by atoms with E-state index in [-0.39, 0.29) is 6.04 Å². The first kappa shape index (κ1) is 13.3. The van der Waals surface area contributed by atoms with Gasteiger partial charge in [0.15, 0.2) is 0 Å². The van der Waals surface area contributed by atoms with Gasteiger partial charge in [0.05, 0.1) is 0 Å². The first-order chi connectivity index (χ1) is 8.59. The van der Waals surface area contributed by atoms with Gasteiger partial charge < -0.3 is 10.6 Å². The normalized spacial score (nSPS) is 19.3. The van der Waals surface area contributed by atoms with Crippen molar-refractivity contribution in [3.05, 3.63) is 23.9 Å². The zero-order valence-corrected chi connectivity index (χ0v) is 11.8. The van der Waals surface area contributed by atoms with Crippen LogP contribution < -0.4 is 10.6 Å². The van der Waals surface area contributed by atoms with Gasteiger partial charge in [-0.15, -0.1) is 0 Å². The Morgan fingerprint density at radius 2 is 1.94 bits per heavy atom. The van der Waals surface area contributed by atoms with E-state index in [4.69, 9.17) is 5.73 Å². The van der Waals surface area contributed by atoms with Crippen molar-refractivity contribution in [1.29, 1.82) is 0 Å². The lowest BCUT2D eigenvalue weighted by Crippen LogP contribution is -2.36. The highest BCUT2D eigenvalue weighted by Gasteiger charge is 2.24. The van der Waals surface area contributed by atoms with Crippen molar-refractivity contribution in [3.63, 3.8) is 0 Å². The molecule has 0 spiro atoms. The molecule has 3 nitrogen and oxygen atoms in total. The first-order valence-electron chi connectivity index (χ1n) is 7.05. The van der Waals surface area contributed by atoms with Crippen LogP contribution in [0.1, 0.15) is 45.2 Å². The molecule has 0 saturated carbocycles. The van der Waals surface area contributed by atoms with Gasteiger partial charge in [-0.1, -0.05) is 19.9 Å². The standard InChI is InChI=1S/C15H25N3/c1-11(2)13-6-9-18(10-7-13)15-14(12(3)16)5-4-8-17-15/h4-5,8,11-13H,6-7,9-10,16H2,1-3H3. The molecule has 2 N–H and O–H groups in total. The minimum Gasteiger partial charge on any atom is -0.356 e. The van der Waals surface area contributed by atoms with Crippen LogP contribution in [0.4, 0.5) is 5.82 Å². The van der Waals surface area contributed by atoms with Gasteiger partial charge in [-0.25, -0.2) is 4.98 Å². The van der Waals surface area contributed by atoms with Crippen molar-refractivity contribution in [2.45, 2.75) is 39.7 Å². The maximum Gasteiger partial charge on any atom is 0.133 e. The number of rotatable bonds is 3. The molecular formula is C15H25N3. The Kier molecular flexibility index (Phi) is 4.23. The maximum atomic E-state index is 6.03. The van der Waals surface area contributed by atoms with Crippen molar-refractivity contribution in [1.82, 2.24) is 4.98 Å². The van der Waals surface area contributed by atoms with Crippen LogP contribution in [0.15, 0.2) is 18.3 Å². The van der Waals surface area contributed by atoms with E-state index in [1.807, 2.05) is 19.2 Å². The Balaban J connectivity index is 2.10. The Hall–Kier alpha value is -1.09. The molecule has 2 rings (SSSR count). The fourth-order valence-corrected chi connectivity index (χ4v) is 2.81. The number of anilines is 1. The Bertz CT molecular complexity index is 379. The number of nitrogens with two attached hydrogens (primary N) is 1. The molecule has 100 valence electrons. The van der Waals surface area contributed by atoms with Gasteiger partial charge in [0, 0.05) is 30.9 Å². The number of pyridine rings is 1. The highest BCUT2D eigenvalue weighted by Crippen LogP contribution is 2.29. The topological polar surface area (TPSA) is 42.1 Å². The van der Waals surface area contributed by atoms with E-state index >= 15 is 0 Å². The number of hydrogen-bond donors (Lipinski definition) is 1. The molecule has 0 aliphatic carbocycles. The van der Waals surface area contributed by atoms with Crippen molar-refractivity contribution in [3.8, 4) is 0 Å². The summed E-state index contributed by atoms with van der Waals surface area (Å²) in [6, 6.07) is 4.13. The second-order valence-electron chi connectivity index (χ2n) is 5.77. The Morgan fingerprint density at radius 1 is 1.28 bits per heavy atom. The van der Waals surface area contributed by atoms with Gasteiger partial charge in [-0.2, -0.15) is 0 Å². The van der Waals surface area contributed by atoms with Gasteiger partial charge in [0.25, 0.3) is 0 Å². The summed E-state index contributed by atoms with van der Waals surface area (Å²) in [5, 5.41) is 0. The van der Waals surface area contributed by atoms with E-state index in [9.17, 15) is 0 Å². The van der Waals surface area contributed by atoms with Gasteiger partial charge in [0.1, 0.15) is 5.82 Å². The third kappa shape index (κ3) is 2.83. The molecule has 2 heterocycles. The molecule has 0 amide bonds. The number of piperidine rings is 1. The van der Waals surface area contributed by atoms with Crippen LogP contribution in [0.3, 0.4) is 0 Å². The molecule has 1 fully saturated rings. The Morgan fingerprint density at radius 3 is 2.50 bits per heavy atom. The number of hydrogen-bond acceptors (Lipinski definition) is 3. The van der Waals surface area contributed by atoms with Crippen LogP contribution in [-0.4, -0.2) is 18.1 Å². The van der Waals surface area contributed by atoms with Crippen molar-refractivity contribution >= 4 is 5.82 Å². The summed E-state index contributed by atoms with van der Waals surface area (Å²) >= 11 is 0. The van der Waals surface area contributed by atoms with E-state index in [0.29, 0.717) is 0 Å². The third-order valence-electron chi connectivity index (χ3n) is 4.09. The summed E-state index contributed by atoms with van der Waals surface area (Å²) in [4.78, 5) is 6.94. The zero-order valence-electron chi connectivity index (χ0n) is 11.8. The lowest BCUT2D eigenvalue weighted by Gasteiger charge is -2.35. The van der Waals surface area contributed by atoms with Crippen LogP contribution >= 0.6 is 0 Å². The average molecular weight is 247 g/mol. The summed E-state index contributed by atoms with van der Waals surface area (Å²) in [6.45, 7) is 8.91. The largest absolute Gasteiger partial charge is 0.356 e. The third-order valence-corrected chi connectivity index (χ3v) is 4.09. The molecule has 1 aromatic rings. The van der Waals surface area contributed by atoms with Crippen LogP contribution in [0.5, 0.6) is 0 Å². The van der Waals surface area contributed by atoms with Crippen LogP contribution in [0.2, 0.25) is 0 Å². The lowest BCUT2D eigenvalue weighted by atomic mass is 9.86. The summed E-state index contributed by atoms with van der Waals surface area (Å²) < 4.78 is 0. The molecule has 1 atom stereocenters. The number of aromatic nitrogens is 1. The molecule has 0 bridgehead atoms. The monoisotopic (exact) mass is 247 g/mol. The van der Waals surface area contributed by atoms with Crippen molar-refractivity contribution < 1.29 is 0 Å². The van der Waals surface area contributed by atoms with Crippen molar-refractivity contribution in [2.24, 2.45) is 17.6 Å². The van der Waals surface area contributed by atoms with E-state index < -0.39 is 0 Å². The molecule has 0 radical (unpaired) electrons. The quantitative estimate of drug-likeness (QED) is 0.893. The molecule has 0 aromatic carbocycles. The minimum atomic E-state index is 0.0523. The predicted molar refractivity (Wildman–Crippen MR) is 76.6 cm³/mol. The SMILES string of the molecule is CC(N)c1cccnc1N1CCC(C(C)C)CC1. The van der Waals surface area contributed by atoms with Gasteiger partial charge in [0.2, 0.25) is 0 Å². The van der Waals surface area contributed by atoms with E-state index in [0.717, 1.165) is 30.7 Å². The summed E-state index contributed by atoms with van der Waals surface area (Å²) in [5.74, 6) is 2.75. The van der Waals surface area contributed by atoms with E-state index in [1.165, 1.54) is 18.4 Å². The van der Waals surface area contributed by atoms with Crippen LogP contribution in [0, 0.1) is 11.8 Å². The maximum absolute atomic E-state index is 6.03. The molecule has 18 heavy (non-hydrogen) atoms. The number of nitrogens with zero attached hydrogens (tertiary/aromatic N) is 2. The van der Waals surface area contributed by atoms with Crippen LogP contribution in [0.25, 0.3) is 0 Å². The van der Waals surface area contributed by atoms with Gasteiger partial charge in [-0.05, 0) is 37.7 Å². The minimum absolute atomic E-state index is 0.0523. The van der Waals surface area contributed by atoms with E-state index in [1.54, 1.807) is 0 Å². The molecule has 1 aliphatic heterocycles. The Labute approximate surface area is 110 Å². The fourth-order valence-electron chi connectivity index (χ4n) is 2.81. The molecule has 3 heteroatoms. The molecular weight excluding hydrogens is 222 g/mol. The smallest absolute Gasteiger partial charge is 0.133 e. The highest BCUT2D eigenvalue weighted by atomic mass is 15.2. The lowest BCUT2D eigenvalue weighted by molar-refractivity contribution is 0.310. The first-order valence-corrected chi connectivity index (χ1v) is 7.05. The highest BCUT2D eigenvalue weighted by molar-refractivity contribution is 5.48. The summed E-state index contributed by atoms with van der Waals surface area (Å²) in [7, 11) is 0. The second-order valence-corrected chi connectivity index (χ2v) is 5.77. The van der Waals surface area contributed by atoms with Gasteiger partial charge >= 0.3 is 0 Å². The average Bonchev–Trinajstić information content (AvgIpc) is 2.39. The van der Waals surface area contributed by atoms with Crippen molar-refractivity contribution in [2.75, 3.05) is 18.0 Å². The zero-order chi connectivity index (χ0) is 13.1. The molecule has 1 aliphatic rings. The van der Waals surface area contributed by atoms with Crippen LogP contribution in [-0.2, 0) is 0 Å². The predicted octanol–water partition coefficient (Wildman–Crippen LogP) is 2.97. The van der Waals surface area contributed by atoms with Gasteiger partial charge in [-0.3, -0.25) is 0 Å². The second kappa shape index (κ2) is 5.70. The summed E-state index contributed by atoms with van der Waals surface area (Å²) in [6.07, 6.45) is 4.41. The molecule has 1 aromatic heterocycles. The van der Waals surface area contributed by atoms with E-state index in [2.05, 4.69) is 29.8 Å². The molecule has 1 unspecified atom stereocenters.